The van der Waals surface area contributed by atoms with E-state index in [0.29, 0.717) is 37.7 Å². The molecule has 0 spiro atoms. The van der Waals surface area contributed by atoms with Crippen LogP contribution < -0.4 is 15.0 Å². The van der Waals surface area contributed by atoms with Crippen LogP contribution in [0, 0.1) is 6.92 Å². The van der Waals surface area contributed by atoms with Crippen molar-refractivity contribution in [2.45, 2.75) is 25.7 Å². The Kier molecular flexibility index (Phi) is 8.11. The lowest BCUT2D eigenvalue weighted by atomic mass is 10.2. The van der Waals surface area contributed by atoms with Gasteiger partial charge in [0.05, 0.1) is 29.5 Å². The Morgan fingerprint density at radius 1 is 1.09 bits per heavy atom. The molecule has 32 heavy (non-hydrogen) atoms. The summed E-state index contributed by atoms with van der Waals surface area (Å²) in [6.07, 6.45) is 0. The highest BCUT2D eigenvalue weighted by Gasteiger charge is 2.27. The van der Waals surface area contributed by atoms with Crippen LogP contribution >= 0.6 is 0 Å². The average Bonchev–Trinajstić information content (AvgIpc) is 2.81. The largest absolute Gasteiger partial charge is 0.484 e. The molecule has 1 amide bonds. The maximum atomic E-state index is 13.1. The second-order valence-corrected chi connectivity index (χ2v) is 9.46. The first-order valence-electron chi connectivity index (χ1n) is 10.8. The number of ether oxygens (including phenoxy) is 2. The zero-order valence-corrected chi connectivity index (χ0v) is 19.7. The Morgan fingerprint density at radius 2 is 1.75 bits per heavy atom. The summed E-state index contributed by atoms with van der Waals surface area (Å²) in [6.45, 7) is 8.61. The lowest BCUT2D eigenvalue weighted by Crippen LogP contribution is -2.40. The van der Waals surface area contributed by atoms with Crippen molar-refractivity contribution >= 4 is 27.3 Å². The number of carbonyl (C=O) groups excluding carboxylic acids is 1. The summed E-state index contributed by atoms with van der Waals surface area (Å²) in [5.74, 6) is 0.235. The zero-order chi connectivity index (χ0) is 23.1. The van der Waals surface area contributed by atoms with Crippen molar-refractivity contribution in [3.63, 3.8) is 0 Å². The molecular formula is C23H31N3O5S. The van der Waals surface area contributed by atoms with Gasteiger partial charge in [-0.15, -0.1) is 0 Å². The fraction of sp³-hybridized carbons (Fsp3) is 0.435. The molecule has 9 heteroatoms. The van der Waals surface area contributed by atoms with Crippen molar-refractivity contribution in [1.29, 1.82) is 0 Å². The fourth-order valence-corrected chi connectivity index (χ4v) is 4.96. The van der Waals surface area contributed by atoms with Gasteiger partial charge in [-0.3, -0.25) is 4.79 Å². The molecule has 0 atom stereocenters. The summed E-state index contributed by atoms with van der Waals surface area (Å²) < 4.78 is 38.5. The number of benzene rings is 2. The highest BCUT2D eigenvalue weighted by molar-refractivity contribution is 7.89. The van der Waals surface area contributed by atoms with E-state index in [-0.39, 0.29) is 17.4 Å². The number of morpholine rings is 1. The number of hydrogen-bond acceptors (Lipinski definition) is 6. The number of hydrogen-bond donors (Lipinski definition) is 1. The van der Waals surface area contributed by atoms with Gasteiger partial charge in [-0.2, -0.15) is 4.31 Å². The first-order chi connectivity index (χ1) is 15.3. The summed E-state index contributed by atoms with van der Waals surface area (Å²) in [5, 5.41) is 2.84. The molecule has 2 aromatic rings. The fourth-order valence-electron chi connectivity index (χ4n) is 3.52. The van der Waals surface area contributed by atoms with Gasteiger partial charge >= 0.3 is 0 Å². The molecule has 0 saturated carbocycles. The van der Waals surface area contributed by atoms with Gasteiger partial charge in [0.15, 0.2) is 6.61 Å². The summed E-state index contributed by atoms with van der Waals surface area (Å²) in [5.41, 5.74) is 2.31. The number of nitrogens with zero attached hydrogens (tertiary/aromatic N) is 2. The van der Waals surface area contributed by atoms with E-state index >= 15 is 0 Å². The van der Waals surface area contributed by atoms with E-state index in [1.807, 2.05) is 32.9 Å². The molecule has 1 N–H and O–H groups in total. The third-order valence-electron chi connectivity index (χ3n) is 5.34. The third-order valence-corrected chi connectivity index (χ3v) is 7.24. The highest BCUT2D eigenvalue weighted by atomic mass is 32.2. The maximum Gasteiger partial charge on any atom is 0.262 e. The van der Waals surface area contributed by atoms with Crippen molar-refractivity contribution < 1.29 is 22.7 Å². The normalized spacial score (nSPS) is 14.7. The van der Waals surface area contributed by atoms with E-state index in [0.717, 1.165) is 24.3 Å². The molecule has 3 rings (SSSR count). The van der Waals surface area contributed by atoms with Gasteiger partial charge in [0.2, 0.25) is 10.0 Å². The van der Waals surface area contributed by atoms with Gasteiger partial charge in [-0.05, 0) is 51.1 Å². The molecule has 0 aliphatic carbocycles. The molecule has 1 aliphatic rings. The molecule has 0 bridgehead atoms. The van der Waals surface area contributed by atoms with E-state index in [1.54, 1.807) is 24.3 Å². The molecule has 0 aromatic heterocycles. The minimum Gasteiger partial charge on any atom is -0.484 e. The Balaban J connectivity index is 1.82. The molecule has 8 nitrogen and oxygen atoms in total. The Morgan fingerprint density at radius 3 is 2.38 bits per heavy atom. The van der Waals surface area contributed by atoms with Crippen LogP contribution in [0.25, 0.3) is 0 Å². The first-order valence-corrected chi connectivity index (χ1v) is 12.3. The highest BCUT2D eigenvalue weighted by Crippen LogP contribution is 2.30. The standard InChI is InChI=1S/C23H31N3O5S/c1-4-25(5-2)22-11-10-20(32(28,29)26-12-14-30-15-13-26)16-21(22)24-23(27)17-31-19-8-6-18(3)7-9-19/h6-11,16H,4-5,12-15,17H2,1-3H3,(H,24,27). The van der Waals surface area contributed by atoms with E-state index in [2.05, 4.69) is 10.2 Å². The SMILES string of the molecule is CCN(CC)c1ccc(S(=O)(=O)N2CCOCC2)cc1NC(=O)COc1ccc(C)cc1. The summed E-state index contributed by atoms with van der Waals surface area (Å²) in [4.78, 5) is 14.8. The van der Waals surface area contributed by atoms with E-state index in [1.165, 1.54) is 10.4 Å². The predicted molar refractivity (Wildman–Crippen MR) is 125 cm³/mol. The number of amides is 1. The quantitative estimate of drug-likeness (QED) is 0.618. The summed E-state index contributed by atoms with van der Waals surface area (Å²) in [7, 11) is -3.68. The molecule has 1 saturated heterocycles. The van der Waals surface area contributed by atoms with E-state index < -0.39 is 10.0 Å². The van der Waals surface area contributed by atoms with Crippen LogP contribution in [0.4, 0.5) is 11.4 Å². The molecule has 0 unspecified atom stereocenters. The topological polar surface area (TPSA) is 88.2 Å². The number of nitrogens with one attached hydrogen (secondary N) is 1. The predicted octanol–water partition coefficient (Wildman–Crippen LogP) is 2.88. The Hall–Kier alpha value is -2.62. The van der Waals surface area contributed by atoms with Crippen molar-refractivity contribution in [2.75, 3.05) is 56.2 Å². The first kappa shape index (κ1) is 24.0. The molecule has 0 radical (unpaired) electrons. The van der Waals surface area contributed by atoms with Gasteiger partial charge < -0.3 is 19.7 Å². The minimum absolute atomic E-state index is 0.144. The van der Waals surface area contributed by atoms with Gasteiger partial charge in [0.1, 0.15) is 5.75 Å². The number of rotatable bonds is 9. The van der Waals surface area contributed by atoms with Gasteiger partial charge in [0, 0.05) is 26.2 Å². The van der Waals surface area contributed by atoms with Crippen molar-refractivity contribution in [1.82, 2.24) is 4.31 Å². The number of carbonyl (C=O) groups is 1. The van der Waals surface area contributed by atoms with Crippen molar-refractivity contribution in [2.24, 2.45) is 0 Å². The number of aryl methyl sites for hydroxylation is 1. The van der Waals surface area contributed by atoms with Crippen LogP contribution in [0.2, 0.25) is 0 Å². The maximum absolute atomic E-state index is 13.1. The number of sulfonamides is 1. The van der Waals surface area contributed by atoms with Gasteiger partial charge in [-0.1, -0.05) is 17.7 Å². The van der Waals surface area contributed by atoms with E-state index in [4.69, 9.17) is 9.47 Å². The Bertz CT molecular complexity index is 1010. The van der Waals surface area contributed by atoms with Gasteiger partial charge in [0.25, 0.3) is 5.91 Å². The third kappa shape index (κ3) is 5.79. The molecule has 174 valence electrons. The second-order valence-electron chi connectivity index (χ2n) is 7.52. The molecule has 1 aliphatic heterocycles. The molecule has 2 aromatic carbocycles. The van der Waals surface area contributed by atoms with Crippen molar-refractivity contribution in [3.05, 3.63) is 48.0 Å². The number of anilines is 2. The van der Waals surface area contributed by atoms with Crippen LogP contribution in [-0.4, -0.2) is 64.6 Å². The average molecular weight is 462 g/mol. The Labute approximate surface area is 190 Å². The second kappa shape index (κ2) is 10.8. The van der Waals surface area contributed by atoms with Crippen LogP contribution in [0.15, 0.2) is 47.4 Å². The summed E-state index contributed by atoms with van der Waals surface area (Å²) in [6, 6.07) is 12.3. The van der Waals surface area contributed by atoms with Crippen LogP contribution in [0.1, 0.15) is 19.4 Å². The minimum atomic E-state index is -3.68. The van der Waals surface area contributed by atoms with Gasteiger partial charge in [-0.25, -0.2) is 8.42 Å². The monoisotopic (exact) mass is 461 g/mol. The van der Waals surface area contributed by atoms with Crippen LogP contribution in [-0.2, 0) is 19.6 Å². The van der Waals surface area contributed by atoms with E-state index in [9.17, 15) is 13.2 Å². The lowest BCUT2D eigenvalue weighted by Gasteiger charge is -2.28. The van der Waals surface area contributed by atoms with Crippen molar-refractivity contribution in [3.8, 4) is 5.75 Å². The van der Waals surface area contributed by atoms with Crippen LogP contribution in [0.5, 0.6) is 5.75 Å². The smallest absolute Gasteiger partial charge is 0.262 e. The van der Waals surface area contributed by atoms with Crippen LogP contribution in [0.3, 0.4) is 0 Å². The molecule has 1 heterocycles. The summed E-state index contributed by atoms with van der Waals surface area (Å²) >= 11 is 0. The molecule has 1 fully saturated rings. The molecular weight excluding hydrogens is 430 g/mol. The lowest BCUT2D eigenvalue weighted by molar-refractivity contribution is -0.118. The zero-order valence-electron chi connectivity index (χ0n) is 18.8.